The number of nitrogens with zero attached hydrogens (tertiary/aromatic N) is 2. The molecule has 2 rings (SSSR count). The van der Waals surface area contributed by atoms with Gasteiger partial charge in [0.25, 0.3) is 0 Å². The number of methoxy groups -OCH3 is 1. The van der Waals surface area contributed by atoms with Crippen molar-refractivity contribution in [3.8, 4) is 0 Å². The third-order valence-corrected chi connectivity index (χ3v) is 4.24. The molecule has 1 aromatic rings. The number of benzene rings is 1. The van der Waals surface area contributed by atoms with Crippen molar-refractivity contribution in [3.63, 3.8) is 0 Å². The van der Waals surface area contributed by atoms with E-state index in [0.717, 1.165) is 13.1 Å². The second-order valence-electron chi connectivity index (χ2n) is 5.83. The molecule has 4 heteroatoms. The predicted octanol–water partition coefficient (Wildman–Crippen LogP) is 1.47. The summed E-state index contributed by atoms with van der Waals surface area (Å²) in [4.78, 5) is 4.82. The molecule has 0 aliphatic carbocycles. The lowest BCUT2D eigenvalue weighted by atomic mass is 10.0. The molecule has 0 amide bonds. The largest absolute Gasteiger partial charge is 0.380 e. The molecule has 1 heterocycles. The van der Waals surface area contributed by atoms with E-state index in [-0.39, 0.29) is 0 Å². The zero-order valence-corrected chi connectivity index (χ0v) is 12.9. The van der Waals surface area contributed by atoms with Gasteiger partial charge in [-0.25, -0.2) is 0 Å². The summed E-state index contributed by atoms with van der Waals surface area (Å²) in [6, 6.07) is 9.57. The van der Waals surface area contributed by atoms with Gasteiger partial charge >= 0.3 is 0 Å². The van der Waals surface area contributed by atoms with E-state index in [0.29, 0.717) is 25.2 Å². The Morgan fingerprint density at radius 3 is 2.85 bits per heavy atom. The van der Waals surface area contributed by atoms with E-state index < -0.39 is 0 Å². The van der Waals surface area contributed by atoms with Gasteiger partial charge in [-0.05, 0) is 31.6 Å². The Kier molecular flexibility index (Phi) is 5.54. The van der Waals surface area contributed by atoms with Crippen LogP contribution in [0, 0.1) is 0 Å². The fourth-order valence-corrected chi connectivity index (χ4v) is 3.03. The molecule has 1 saturated heterocycles. The van der Waals surface area contributed by atoms with Crippen LogP contribution in [0.5, 0.6) is 0 Å². The van der Waals surface area contributed by atoms with E-state index in [4.69, 9.17) is 10.5 Å². The van der Waals surface area contributed by atoms with Crippen LogP contribution in [0.3, 0.4) is 0 Å². The molecule has 1 aliphatic rings. The van der Waals surface area contributed by atoms with E-state index in [1.807, 2.05) is 0 Å². The Morgan fingerprint density at radius 2 is 2.25 bits per heavy atom. The van der Waals surface area contributed by atoms with Gasteiger partial charge in [-0.3, -0.25) is 4.90 Å². The van der Waals surface area contributed by atoms with Crippen molar-refractivity contribution in [2.45, 2.75) is 25.1 Å². The Bertz CT molecular complexity index is 422. The highest BCUT2D eigenvalue weighted by Gasteiger charge is 2.29. The minimum absolute atomic E-state index is 0.316. The molecular weight excluding hydrogens is 250 g/mol. The topological polar surface area (TPSA) is 41.7 Å². The molecule has 1 fully saturated rings. The summed E-state index contributed by atoms with van der Waals surface area (Å²) in [7, 11) is 6.05. The summed E-state index contributed by atoms with van der Waals surface area (Å²) >= 11 is 0. The van der Waals surface area contributed by atoms with Crippen molar-refractivity contribution >= 4 is 0 Å². The van der Waals surface area contributed by atoms with Crippen LogP contribution < -0.4 is 5.73 Å². The highest BCUT2D eigenvalue weighted by Crippen LogP contribution is 2.26. The molecular formula is C16H27N3O. The smallest absolute Gasteiger partial charge is 0.0713 e. The number of rotatable bonds is 6. The van der Waals surface area contributed by atoms with Crippen LogP contribution in [0.4, 0.5) is 0 Å². The van der Waals surface area contributed by atoms with E-state index in [9.17, 15) is 0 Å². The van der Waals surface area contributed by atoms with Crippen LogP contribution in [0.15, 0.2) is 24.3 Å². The second kappa shape index (κ2) is 7.18. The van der Waals surface area contributed by atoms with E-state index in [1.165, 1.54) is 17.5 Å². The molecule has 2 atom stereocenters. The number of hydrogen-bond donors (Lipinski definition) is 1. The standard InChI is InChI=1S/C16H27N3O/c1-18(2)15-7-8-19(11-15)16(10-17)14-6-4-5-13(9-14)12-20-3/h4-6,9,15-16H,7-8,10-12,17H2,1-3H3. The van der Waals surface area contributed by atoms with Gasteiger partial charge in [-0.15, -0.1) is 0 Å². The van der Waals surface area contributed by atoms with E-state index >= 15 is 0 Å². The van der Waals surface area contributed by atoms with Crippen LogP contribution in [0.1, 0.15) is 23.6 Å². The lowest BCUT2D eigenvalue weighted by Gasteiger charge is -2.28. The molecule has 4 nitrogen and oxygen atoms in total. The lowest BCUT2D eigenvalue weighted by molar-refractivity contribution is 0.184. The molecule has 2 unspecified atom stereocenters. The summed E-state index contributed by atoms with van der Waals surface area (Å²) in [5.74, 6) is 0. The second-order valence-corrected chi connectivity index (χ2v) is 5.83. The summed E-state index contributed by atoms with van der Waals surface area (Å²) in [5, 5.41) is 0. The molecule has 20 heavy (non-hydrogen) atoms. The Labute approximate surface area is 122 Å². The molecule has 2 N–H and O–H groups in total. The first kappa shape index (κ1) is 15.4. The van der Waals surface area contributed by atoms with Gasteiger partial charge in [0, 0.05) is 38.8 Å². The Morgan fingerprint density at radius 1 is 1.45 bits per heavy atom. The number of nitrogens with two attached hydrogens (primary N) is 1. The minimum atomic E-state index is 0.316. The molecule has 0 radical (unpaired) electrons. The van der Waals surface area contributed by atoms with Crippen molar-refractivity contribution in [1.29, 1.82) is 0 Å². The van der Waals surface area contributed by atoms with E-state index in [1.54, 1.807) is 7.11 Å². The fraction of sp³-hybridized carbons (Fsp3) is 0.625. The third-order valence-electron chi connectivity index (χ3n) is 4.24. The maximum absolute atomic E-state index is 6.04. The summed E-state index contributed by atoms with van der Waals surface area (Å²) < 4.78 is 5.22. The normalized spacial score (nSPS) is 21.6. The predicted molar refractivity (Wildman–Crippen MR) is 82.6 cm³/mol. The zero-order valence-electron chi connectivity index (χ0n) is 12.9. The number of likely N-dealkylation sites (N-methyl/N-ethyl adjacent to an activating group) is 1. The molecule has 0 aromatic heterocycles. The van der Waals surface area contributed by atoms with Crippen LogP contribution in [0.2, 0.25) is 0 Å². The number of likely N-dealkylation sites (tertiary alicyclic amines) is 1. The number of ether oxygens (including phenoxy) is 1. The first-order valence-electron chi connectivity index (χ1n) is 7.34. The van der Waals surface area contributed by atoms with Gasteiger partial charge < -0.3 is 15.4 Å². The van der Waals surface area contributed by atoms with Gasteiger partial charge in [0.05, 0.1) is 6.61 Å². The zero-order chi connectivity index (χ0) is 14.5. The highest BCUT2D eigenvalue weighted by molar-refractivity contribution is 5.26. The summed E-state index contributed by atoms with van der Waals surface area (Å²) in [5.41, 5.74) is 8.57. The molecule has 1 aromatic carbocycles. The van der Waals surface area contributed by atoms with Crippen LogP contribution >= 0.6 is 0 Å². The molecule has 1 aliphatic heterocycles. The average molecular weight is 277 g/mol. The van der Waals surface area contributed by atoms with E-state index in [2.05, 4.69) is 48.2 Å². The quantitative estimate of drug-likeness (QED) is 0.855. The maximum atomic E-state index is 6.04. The summed E-state index contributed by atoms with van der Waals surface area (Å²) in [6.07, 6.45) is 1.22. The fourth-order valence-electron chi connectivity index (χ4n) is 3.03. The first-order valence-corrected chi connectivity index (χ1v) is 7.34. The molecule has 112 valence electrons. The van der Waals surface area contributed by atoms with Gasteiger partial charge in [0.1, 0.15) is 0 Å². The van der Waals surface area contributed by atoms with Crippen LogP contribution in [-0.4, -0.2) is 56.7 Å². The SMILES string of the molecule is COCc1cccc(C(CN)N2CCC(N(C)C)C2)c1. The lowest BCUT2D eigenvalue weighted by Crippen LogP contribution is -2.36. The Hall–Kier alpha value is -0.940. The van der Waals surface area contributed by atoms with Crippen molar-refractivity contribution in [2.24, 2.45) is 5.73 Å². The van der Waals surface area contributed by atoms with Crippen molar-refractivity contribution in [3.05, 3.63) is 35.4 Å². The molecule has 0 spiro atoms. The van der Waals surface area contributed by atoms with Crippen LogP contribution in [-0.2, 0) is 11.3 Å². The van der Waals surface area contributed by atoms with Gasteiger partial charge in [0.15, 0.2) is 0 Å². The molecule has 0 saturated carbocycles. The Balaban J connectivity index is 2.10. The maximum Gasteiger partial charge on any atom is 0.0713 e. The highest BCUT2D eigenvalue weighted by atomic mass is 16.5. The molecule has 0 bridgehead atoms. The average Bonchev–Trinajstić information content (AvgIpc) is 2.90. The van der Waals surface area contributed by atoms with Gasteiger partial charge in [-0.2, -0.15) is 0 Å². The van der Waals surface area contributed by atoms with Gasteiger partial charge in [-0.1, -0.05) is 24.3 Å². The first-order chi connectivity index (χ1) is 9.65. The van der Waals surface area contributed by atoms with Crippen LogP contribution in [0.25, 0.3) is 0 Å². The van der Waals surface area contributed by atoms with Crippen molar-refractivity contribution < 1.29 is 4.74 Å². The van der Waals surface area contributed by atoms with Crippen molar-refractivity contribution in [1.82, 2.24) is 9.80 Å². The van der Waals surface area contributed by atoms with Crippen molar-refractivity contribution in [2.75, 3.05) is 40.8 Å². The monoisotopic (exact) mass is 277 g/mol. The minimum Gasteiger partial charge on any atom is -0.380 e. The third kappa shape index (κ3) is 3.58. The number of hydrogen-bond acceptors (Lipinski definition) is 4. The summed E-state index contributed by atoms with van der Waals surface area (Å²) in [6.45, 7) is 3.55. The van der Waals surface area contributed by atoms with Gasteiger partial charge in [0.2, 0.25) is 0 Å².